The largest absolute Gasteiger partial charge is 0.369 e. The number of hydrogen-bond donors (Lipinski definition) is 1. The van der Waals surface area contributed by atoms with Crippen molar-refractivity contribution < 1.29 is 13.2 Å². The van der Waals surface area contributed by atoms with E-state index in [0.717, 1.165) is 46.8 Å². The van der Waals surface area contributed by atoms with Gasteiger partial charge in [-0.2, -0.15) is 4.37 Å². The van der Waals surface area contributed by atoms with Crippen molar-refractivity contribution in [1.29, 1.82) is 0 Å². The monoisotopic (exact) mass is 592 g/mol. The van der Waals surface area contributed by atoms with Crippen LogP contribution in [0.3, 0.4) is 0 Å². The number of carbonyl (C=O) groups excluding carboxylic acids is 1. The van der Waals surface area contributed by atoms with Gasteiger partial charge in [-0.05, 0) is 66.4 Å². The van der Waals surface area contributed by atoms with Crippen LogP contribution < -0.4 is 14.5 Å². The van der Waals surface area contributed by atoms with Crippen LogP contribution >= 0.6 is 23.1 Å². The first kappa shape index (κ1) is 26.3. The molecule has 0 aliphatic carbocycles. The van der Waals surface area contributed by atoms with Crippen LogP contribution in [0.2, 0.25) is 5.02 Å². The van der Waals surface area contributed by atoms with E-state index in [2.05, 4.69) is 19.0 Å². The number of anilines is 3. The average molecular weight is 593 g/mol. The maximum atomic E-state index is 13.8. The molecule has 5 aromatic rings. The third-order valence-electron chi connectivity index (χ3n) is 6.97. The molecule has 9 nitrogen and oxygen atoms in total. The van der Waals surface area contributed by atoms with Crippen LogP contribution in [0.25, 0.3) is 10.9 Å². The number of fused-ring (bicyclic) bond motifs is 1. The Labute approximate surface area is 240 Å². The second-order valence-electron chi connectivity index (χ2n) is 9.48. The Bertz CT molecular complexity index is 1740. The van der Waals surface area contributed by atoms with Crippen LogP contribution in [0.1, 0.15) is 6.42 Å². The van der Waals surface area contributed by atoms with Crippen molar-refractivity contribution in [3.8, 4) is 0 Å². The molecular weight excluding hydrogens is 568 g/mol. The summed E-state index contributed by atoms with van der Waals surface area (Å²) in [7, 11) is -3.76. The smallest absolute Gasteiger partial charge is 0.263 e. The molecule has 204 valence electrons. The summed E-state index contributed by atoms with van der Waals surface area (Å²) in [6.45, 7) is 1.54. The number of nitrogens with one attached hydrogen (secondary N) is 1. The molecule has 0 unspecified atom stereocenters. The lowest BCUT2D eigenvalue weighted by atomic mass is 10.1. The van der Waals surface area contributed by atoms with Gasteiger partial charge in [0.15, 0.2) is 0 Å². The number of aromatic nitrogens is 3. The van der Waals surface area contributed by atoms with E-state index in [9.17, 15) is 13.2 Å². The van der Waals surface area contributed by atoms with Gasteiger partial charge in [0.25, 0.3) is 10.0 Å². The molecule has 1 aliphatic heterocycles. The molecule has 0 bridgehead atoms. The molecule has 3 heterocycles. The first-order chi connectivity index (χ1) is 19.4. The number of hydrogen-bond acceptors (Lipinski definition) is 7. The second-order valence-corrected chi connectivity index (χ2v) is 12.4. The highest BCUT2D eigenvalue weighted by molar-refractivity contribution is 7.93. The van der Waals surface area contributed by atoms with Crippen LogP contribution in [-0.4, -0.2) is 47.4 Å². The quantitative estimate of drug-likeness (QED) is 0.264. The fourth-order valence-electron chi connectivity index (χ4n) is 5.08. The van der Waals surface area contributed by atoms with Gasteiger partial charge in [-0.3, -0.25) is 9.52 Å². The van der Waals surface area contributed by atoms with E-state index < -0.39 is 10.0 Å². The van der Waals surface area contributed by atoms with Gasteiger partial charge < -0.3 is 14.4 Å². The molecule has 40 heavy (non-hydrogen) atoms. The van der Waals surface area contributed by atoms with Gasteiger partial charge in [-0.1, -0.05) is 35.9 Å². The Morgan fingerprint density at radius 1 is 1.07 bits per heavy atom. The number of nitrogens with zero attached hydrogens (tertiary/aromatic N) is 5. The Kier molecular flexibility index (Phi) is 7.18. The lowest BCUT2D eigenvalue weighted by Gasteiger charge is -2.30. The zero-order valence-electron chi connectivity index (χ0n) is 21.2. The first-order valence-corrected chi connectivity index (χ1v) is 15.3. The number of para-hydroxylation sites is 1. The topological polar surface area (TPSA) is 100 Å². The van der Waals surface area contributed by atoms with Crippen LogP contribution in [0.4, 0.5) is 16.5 Å². The number of benzene rings is 3. The highest BCUT2D eigenvalue weighted by Gasteiger charge is 2.32. The molecule has 0 radical (unpaired) electrons. The Morgan fingerprint density at radius 3 is 2.62 bits per heavy atom. The summed E-state index contributed by atoms with van der Waals surface area (Å²) in [5, 5.41) is 1.87. The Balaban J connectivity index is 1.20. The van der Waals surface area contributed by atoms with Gasteiger partial charge in [0, 0.05) is 52.7 Å². The van der Waals surface area contributed by atoms with Gasteiger partial charge in [0.05, 0.1) is 10.9 Å². The molecule has 0 spiro atoms. The predicted octanol–water partition coefficient (Wildman–Crippen LogP) is 5.26. The van der Waals surface area contributed by atoms with E-state index in [0.29, 0.717) is 11.6 Å². The number of amides is 1. The Morgan fingerprint density at radius 2 is 1.88 bits per heavy atom. The molecule has 1 fully saturated rings. The summed E-state index contributed by atoms with van der Waals surface area (Å²) in [5.41, 5.74) is 2.65. The molecule has 12 heteroatoms. The normalized spacial score (nSPS) is 15.4. The van der Waals surface area contributed by atoms with Crippen molar-refractivity contribution in [3.05, 3.63) is 96.4 Å². The minimum atomic E-state index is -3.76. The van der Waals surface area contributed by atoms with E-state index in [-0.39, 0.29) is 28.5 Å². The minimum Gasteiger partial charge on any atom is -0.369 e. The SMILES string of the molecule is O=C(Cn1ccc2ccc(Cl)cc21)N(c1ccccc1)[C@H]1CCN(c2ccc(S(=O)(=O)Nc3ncns3)cc2)C1. The standard InChI is InChI=1S/C28H25ClN6O3S2/c29-21-7-6-20-12-14-34(26(20)16-21)18-27(36)35(23-4-2-1-3-5-23)24-13-15-33(17-24)22-8-10-25(11-9-22)40(37,38)32-28-30-19-31-39-28/h1-12,14,16,19,24H,13,15,17-18H2,(H,30,31,32)/t24-/m0/s1. The fourth-order valence-corrected chi connectivity index (χ4v) is 6.91. The molecule has 2 aromatic heterocycles. The molecule has 1 amide bonds. The first-order valence-electron chi connectivity index (χ1n) is 12.6. The van der Waals surface area contributed by atoms with Crippen LogP contribution in [0.5, 0.6) is 0 Å². The van der Waals surface area contributed by atoms with Gasteiger partial charge in [-0.15, -0.1) is 0 Å². The third-order valence-corrected chi connectivity index (χ3v) is 9.27. The summed E-state index contributed by atoms with van der Waals surface area (Å²) >= 11 is 7.20. The van der Waals surface area contributed by atoms with Gasteiger partial charge in [0.2, 0.25) is 11.0 Å². The van der Waals surface area contributed by atoms with Crippen molar-refractivity contribution in [3.63, 3.8) is 0 Å². The summed E-state index contributed by atoms with van der Waals surface area (Å²) < 4.78 is 33.6. The number of carbonyl (C=O) groups is 1. The highest BCUT2D eigenvalue weighted by atomic mass is 35.5. The molecule has 6 rings (SSSR count). The number of rotatable bonds is 8. The van der Waals surface area contributed by atoms with Crippen molar-refractivity contribution in [1.82, 2.24) is 13.9 Å². The van der Waals surface area contributed by atoms with Crippen molar-refractivity contribution in [2.45, 2.75) is 23.9 Å². The molecule has 3 aromatic carbocycles. The lowest BCUT2D eigenvalue weighted by molar-refractivity contribution is -0.119. The summed E-state index contributed by atoms with van der Waals surface area (Å²) in [6, 6.07) is 24.0. The molecule has 1 saturated heterocycles. The minimum absolute atomic E-state index is 0.0142. The summed E-state index contributed by atoms with van der Waals surface area (Å²) in [6.07, 6.45) is 3.99. The van der Waals surface area contributed by atoms with E-state index in [1.165, 1.54) is 6.33 Å². The van der Waals surface area contributed by atoms with E-state index in [1.807, 2.05) is 70.3 Å². The average Bonchev–Trinajstić information content (AvgIpc) is 3.72. The van der Waals surface area contributed by atoms with Gasteiger partial charge in [-0.25, -0.2) is 13.4 Å². The predicted molar refractivity (Wildman–Crippen MR) is 159 cm³/mol. The number of sulfonamides is 1. The molecule has 0 saturated carbocycles. The molecule has 1 N–H and O–H groups in total. The van der Waals surface area contributed by atoms with Crippen molar-refractivity contribution >= 4 is 66.5 Å². The zero-order valence-corrected chi connectivity index (χ0v) is 23.6. The van der Waals surface area contributed by atoms with E-state index in [4.69, 9.17) is 11.6 Å². The van der Waals surface area contributed by atoms with Crippen molar-refractivity contribution in [2.24, 2.45) is 0 Å². The van der Waals surface area contributed by atoms with E-state index in [1.54, 1.807) is 24.3 Å². The van der Waals surface area contributed by atoms with E-state index >= 15 is 0 Å². The zero-order chi connectivity index (χ0) is 27.7. The van der Waals surface area contributed by atoms with Gasteiger partial charge >= 0.3 is 0 Å². The summed E-state index contributed by atoms with van der Waals surface area (Å²) in [4.78, 5) is 21.9. The lowest BCUT2D eigenvalue weighted by Crippen LogP contribution is -2.43. The molecular formula is C28H25ClN6O3S2. The fraction of sp³-hybridized carbons (Fsp3) is 0.179. The van der Waals surface area contributed by atoms with Crippen LogP contribution in [0, 0.1) is 0 Å². The van der Waals surface area contributed by atoms with Crippen molar-refractivity contribution in [2.75, 3.05) is 27.6 Å². The molecule has 1 atom stereocenters. The second kappa shape index (κ2) is 10.9. The Hall–Kier alpha value is -3.93. The van der Waals surface area contributed by atoms with Gasteiger partial charge in [0.1, 0.15) is 12.9 Å². The maximum Gasteiger partial charge on any atom is 0.263 e. The number of halogens is 1. The van der Waals surface area contributed by atoms with Crippen LogP contribution in [-0.2, 0) is 21.4 Å². The summed E-state index contributed by atoms with van der Waals surface area (Å²) in [5.74, 6) is -0.0142. The third kappa shape index (κ3) is 5.40. The highest BCUT2D eigenvalue weighted by Crippen LogP contribution is 2.29. The molecule has 1 aliphatic rings. The van der Waals surface area contributed by atoms with Crippen LogP contribution in [0.15, 0.2) is 96.3 Å². The maximum absolute atomic E-state index is 13.8.